The van der Waals surface area contributed by atoms with Crippen LogP contribution in [0.3, 0.4) is 0 Å². The largest absolute Gasteiger partial charge is 0.491 e. The van der Waals surface area contributed by atoms with Crippen molar-refractivity contribution >= 4 is 22.9 Å². The van der Waals surface area contributed by atoms with E-state index in [1.54, 1.807) is 61.0 Å². The molecule has 28 heavy (non-hydrogen) atoms. The second-order valence-electron chi connectivity index (χ2n) is 5.96. The Kier molecular flexibility index (Phi) is 4.98. The van der Waals surface area contributed by atoms with Crippen LogP contribution in [0.4, 0.5) is 5.95 Å². The van der Waals surface area contributed by atoms with E-state index in [0.29, 0.717) is 30.5 Å². The summed E-state index contributed by atoms with van der Waals surface area (Å²) < 4.78 is 12.5. The number of H-pyrrole nitrogens is 1. The zero-order valence-corrected chi connectivity index (χ0v) is 15.1. The van der Waals surface area contributed by atoms with Gasteiger partial charge in [-0.05, 0) is 18.2 Å². The molecule has 0 aliphatic carbocycles. The second kappa shape index (κ2) is 7.89. The molecule has 0 spiro atoms. The zero-order chi connectivity index (χ0) is 19.3. The number of imidazole rings is 2. The molecule has 0 saturated carbocycles. The van der Waals surface area contributed by atoms with Crippen molar-refractivity contribution in [2.45, 2.75) is 0 Å². The highest BCUT2D eigenvalue weighted by molar-refractivity contribution is 6.04. The summed E-state index contributed by atoms with van der Waals surface area (Å²) in [7, 11) is 1.60. The van der Waals surface area contributed by atoms with Crippen LogP contribution < -0.4 is 10.1 Å². The smallest absolute Gasteiger partial charge is 0.258 e. The van der Waals surface area contributed by atoms with Gasteiger partial charge in [0.1, 0.15) is 12.4 Å². The van der Waals surface area contributed by atoms with Gasteiger partial charge in [0.15, 0.2) is 0 Å². The molecular weight excluding hydrogens is 360 g/mol. The van der Waals surface area contributed by atoms with Crippen LogP contribution >= 0.6 is 0 Å². The van der Waals surface area contributed by atoms with Crippen LogP contribution in [-0.4, -0.2) is 50.7 Å². The molecular formula is C19H18N6O3. The maximum atomic E-state index is 12.8. The van der Waals surface area contributed by atoms with E-state index in [-0.39, 0.29) is 5.91 Å². The lowest BCUT2D eigenvalue weighted by Gasteiger charge is -2.11. The normalized spacial score (nSPS) is 10.9. The molecule has 1 amide bonds. The first kappa shape index (κ1) is 17.7. The van der Waals surface area contributed by atoms with Crippen molar-refractivity contribution < 1.29 is 14.3 Å². The van der Waals surface area contributed by atoms with Gasteiger partial charge in [0.25, 0.3) is 5.91 Å². The summed E-state index contributed by atoms with van der Waals surface area (Å²) in [5.74, 6) is 0.593. The van der Waals surface area contributed by atoms with Crippen molar-refractivity contribution in [1.29, 1.82) is 0 Å². The number of carbonyl (C=O) groups is 1. The van der Waals surface area contributed by atoms with Gasteiger partial charge < -0.3 is 19.0 Å². The number of pyridine rings is 1. The van der Waals surface area contributed by atoms with Crippen molar-refractivity contribution in [2.24, 2.45) is 0 Å². The number of hydrogen-bond acceptors (Lipinski definition) is 6. The highest BCUT2D eigenvalue weighted by Gasteiger charge is 2.13. The molecule has 1 aromatic carbocycles. The topological polar surface area (TPSA) is 107 Å². The number of benzene rings is 1. The number of rotatable bonds is 7. The Morgan fingerprint density at radius 2 is 2.14 bits per heavy atom. The summed E-state index contributed by atoms with van der Waals surface area (Å²) >= 11 is 0. The fourth-order valence-corrected chi connectivity index (χ4v) is 2.70. The van der Waals surface area contributed by atoms with Gasteiger partial charge in [-0.3, -0.25) is 15.1 Å². The Balaban J connectivity index is 1.61. The highest BCUT2D eigenvalue weighted by Crippen LogP contribution is 2.22. The Bertz CT molecular complexity index is 1060. The van der Waals surface area contributed by atoms with E-state index in [9.17, 15) is 4.79 Å². The molecule has 4 rings (SSSR count). The van der Waals surface area contributed by atoms with E-state index in [1.165, 1.54) is 0 Å². The summed E-state index contributed by atoms with van der Waals surface area (Å²) in [6.45, 7) is 0.825. The molecule has 0 aliphatic heterocycles. The standard InChI is InChI=1S/C19H18N6O3/c1-27-6-7-28-15-9-13(8-14(10-15)25-5-4-21-12-25)18(26)24-19-22-16-2-3-20-11-17(16)23-19/h2-5,8-12H,6-7H2,1H3,(H2,22,23,24,26). The van der Waals surface area contributed by atoms with Crippen molar-refractivity contribution in [2.75, 3.05) is 25.6 Å². The van der Waals surface area contributed by atoms with Gasteiger partial charge in [-0.25, -0.2) is 9.97 Å². The molecule has 3 aromatic heterocycles. The highest BCUT2D eigenvalue weighted by atomic mass is 16.5. The zero-order valence-electron chi connectivity index (χ0n) is 15.1. The predicted octanol–water partition coefficient (Wildman–Crippen LogP) is 2.42. The third-order valence-corrected chi connectivity index (χ3v) is 4.03. The van der Waals surface area contributed by atoms with Crippen molar-refractivity contribution in [1.82, 2.24) is 24.5 Å². The minimum absolute atomic E-state index is 0.314. The number of methoxy groups -OCH3 is 1. The summed E-state index contributed by atoms with van der Waals surface area (Å²) in [5.41, 5.74) is 2.65. The van der Waals surface area contributed by atoms with E-state index in [2.05, 4.69) is 25.3 Å². The van der Waals surface area contributed by atoms with Crippen LogP contribution in [0.5, 0.6) is 5.75 Å². The third-order valence-electron chi connectivity index (χ3n) is 4.03. The number of nitrogens with zero attached hydrogens (tertiary/aromatic N) is 4. The number of carbonyl (C=O) groups excluding carboxylic acids is 1. The van der Waals surface area contributed by atoms with E-state index in [4.69, 9.17) is 9.47 Å². The van der Waals surface area contributed by atoms with Crippen LogP contribution in [0.2, 0.25) is 0 Å². The Morgan fingerprint density at radius 3 is 2.93 bits per heavy atom. The van der Waals surface area contributed by atoms with Gasteiger partial charge >= 0.3 is 0 Å². The number of ether oxygens (including phenoxy) is 2. The average molecular weight is 378 g/mol. The van der Waals surface area contributed by atoms with Gasteiger partial charge in [0, 0.05) is 37.3 Å². The molecule has 0 aliphatic rings. The quantitative estimate of drug-likeness (QED) is 0.478. The Labute approximate surface area is 160 Å². The van der Waals surface area contributed by atoms with Crippen LogP contribution in [0.25, 0.3) is 16.7 Å². The molecule has 0 saturated heterocycles. The number of amides is 1. The van der Waals surface area contributed by atoms with Crippen LogP contribution in [0, 0.1) is 0 Å². The lowest BCUT2D eigenvalue weighted by Crippen LogP contribution is -2.14. The van der Waals surface area contributed by atoms with Crippen molar-refractivity contribution in [3.05, 3.63) is 60.9 Å². The fraction of sp³-hybridized carbons (Fsp3) is 0.158. The Hall–Kier alpha value is -3.72. The maximum absolute atomic E-state index is 12.8. The molecule has 2 N–H and O–H groups in total. The van der Waals surface area contributed by atoms with E-state index in [1.807, 2.05) is 6.07 Å². The number of hydrogen-bond donors (Lipinski definition) is 2. The molecule has 4 aromatic rings. The van der Waals surface area contributed by atoms with Gasteiger partial charge in [-0.2, -0.15) is 0 Å². The average Bonchev–Trinajstić information content (AvgIpc) is 3.37. The SMILES string of the molecule is COCCOc1cc(C(=O)Nc2nc3ccncc3[nH]2)cc(-n2ccnc2)c1. The van der Waals surface area contributed by atoms with Gasteiger partial charge in [-0.15, -0.1) is 0 Å². The molecule has 0 atom stereocenters. The first-order valence-electron chi connectivity index (χ1n) is 8.59. The molecule has 0 radical (unpaired) electrons. The molecule has 0 unspecified atom stereocenters. The molecule has 0 bridgehead atoms. The first-order chi connectivity index (χ1) is 13.7. The summed E-state index contributed by atoms with van der Waals surface area (Å²) in [5, 5.41) is 2.78. The van der Waals surface area contributed by atoms with Crippen LogP contribution in [0.1, 0.15) is 10.4 Å². The summed E-state index contributed by atoms with van der Waals surface area (Å²) in [4.78, 5) is 28.3. The molecule has 9 nitrogen and oxygen atoms in total. The summed E-state index contributed by atoms with van der Waals surface area (Å²) in [6.07, 6.45) is 8.41. The maximum Gasteiger partial charge on any atom is 0.258 e. The van der Waals surface area contributed by atoms with Gasteiger partial charge in [-0.1, -0.05) is 0 Å². The van der Waals surface area contributed by atoms with E-state index in [0.717, 1.165) is 16.7 Å². The van der Waals surface area contributed by atoms with E-state index >= 15 is 0 Å². The molecule has 9 heteroatoms. The second-order valence-corrected chi connectivity index (χ2v) is 5.96. The van der Waals surface area contributed by atoms with Crippen molar-refractivity contribution in [3.8, 4) is 11.4 Å². The lowest BCUT2D eigenvalue weighted by atomic mass is 10.1. The van der Waals surface area contributed by atoms with Crippen LogP contribution in [0.15, 0.2) is 55.4 Å². The van der Waals surface area contributed by atoms with E-state index < -0.39 is 0 Å². The minimum atomic E-state index is -0.314. The monoisotopic (exact) mass is 378 g/mol. The Morgan fingerprint density at radius 1 is 1.21 bits per heavy atom. The fourth-order valence-electron chi connectivity index (χ4n) is 2.70. The van der Waals surface area contributed by atoms with Gasteiger partial charge in [0.2, 0.25) is 5.95 Å². The number of fused-ring (bicyclic) bond motifs is 1. The number of nitrogens with one attached hydrogen (secondary N) is 2. The predicted molar refractivity (Wildman–Crippen MR) is 103 cm³/mol. The summed E-state index contributed by atoms with van der Waals surface area (Å²) in [6, 6.07) is 7.03. The van der Waals surface area contributed by atoms with Crippen LogP contribution in [-0.2, 0) is 4.74 Å². The first-order valence-corrected chi connectivity index (χ1v) is 8.59. The van der Waals surface area contributed by atoms with Crippen molar-refractivity contribution in [3.63, 3.8) is 0 Å². The number of aromatic amines is 1. The molecule has 0 fully saturated rings. The lowest BCUT2D eigenvalue weighted by molar-refractivity contribution is 0.102. The molecule has 142 valence electrons. The molecule has 3 heterocycles. The number of aromatic nitrogens is 5. The minimum Gasteiger partial charge on any atom is -0.491 e. The van der Waals surface area contributed by atoms with Gasteiger partial charge in [0.05, 0.1) is 35.9 Å². The third kappa shape index (κ3) is 3.84. The number of anilines is 1.